The molecule has 0 aromatic heterocycles. The number of aliphatic imine (C=N–C) groups is 1. The Hall–Kier alpha value is -4.58. The average molecular weight is 590 g/mol. The summed E-state index contributed by atoms with van der Waals surface area (Å²) >= 11 is 0. The van der Waals surface area contributed by atoms with Gasteiger partial charge in [-0.15, -0.1) is 0 Å². The Kier molecular flexibility index (Phi) is 10.0. The van der Waals surface area contributed by atoms with Crippen LogP contribution in [0.3, 0.4) is 0 Å². The topological polar surface area (TPSA) is 173 Å². The number of nitrogens with zero attached hydrogens (tertiary/aromatic N) is 4. The molecule has 0 atom stereocenters. The van der Waals surface area contributed by atoms with Crippen LogP contribution in [0.5, 0.6) is 0 Å². The third kappa shape index (κ3) is 8.71. The van der Waals surface area contributed by atoms with Crippen LogP contribution in [-0.2, 0) is 22.1 Å². The van der Waals surface area contributed by atoms with Crippen molar-refractivity contribution in [3.63, 3.8) is 0 Å². The largest absolute Gasteiger partial charge is 0.366 e. The Labute approximate surface area is 245 Å². The first kappa shape index (κ1) is 30.4. The quantitative estimate of drug-likeness (QED) is 0.106. The normalized spacial score (nSPS) is 14.5. The van der Waals surface area contributed by atoms with E-state index in [-0.39, 0.29) is 29.9 Å². The zero-order valence-corrected chi connectivity index (χ0v) is 24.3. The van der Waals surface area contributed by atoms with Gasteiger partial charge in [0.1, 0.15) is 0 Å². The van der Waals surface area contributed by atoms with E-state index in [0.717, 1.165) is 5.56 Å². The third-order valence-corrected chi connectivity index (χ3v) is 7.91. The van der Waals surface area contributed by atoms with Gasteiger partial charge >= 0.3 is 6.03 Å². The van der Waals surface area contributed by atoms with Gasteiger partial charge in [-0.2, -0.15) is 4.99 Å². The minimum Gasteiger partial charge on any atom is -0.366 e. The Morgan fingerprint density at radius 1 is 0.952 bits per heavy atom. The second-order valence-electron chi connectivity index (χ2n) is 10.4. The molecule has 3 amide bonds. The van der Waals surface area contributed by atoms with Gasteiger partial charge in [0.15, 0.2) is 9.84 Å². The maximum absolute atomic E-state index is 13.6. The maximum Gasteiger partial charge on any atom is 0.326 e. The van der Waals surface area contributed by atoms with Crippen molar-refractivity contribution in [2.24, 2.45) is 26.9 Å². The number of hydrogen-bond donors (Lipinski definition) is 3. The molecule has 1 aliphatic carbocycles. The molecule has 0 unspecified atom stereocenters. The minimum absolute atomic E-state index is 0.126. The van der Waals surface area contributed by atoms with Gasteiger partial charge in [0.25, 0.3) is 5.91 Å². The predicted octanol–water partition coefficient (Wildman–Crippen LogP) is 5.30. The Morgan fingerprint density at radius 2 is 1.64 bits per heavy atom. The molecular weight excluding hydrogens is 554 g/mol. The molecule has 3 aromatic rings. The Balaban J connectivity index is 1.58. The fourth-order valence-corrected chi connectivity index (χ4v) is 5.85. The summed E-state index contributed by atoms with van der Waals surface area (Å²) in [6.07, 6.45) is 7.24. The van der Waals surface area contributed by atoms with Crippen LogP contribution < -0.4 is 21.8 Å². The Bertz CT molecular complexity index is 1560. The summed E-state index contributed by atoms with van der Waals surface area (Å²) in [7, 11) is -3.23. The van der Waals surface area contributed by atoms with Crippen molar-refractivity contribution in [2.45, 2.75) is 50.3 Å². The van der Waals surface area contributed by atoms with E-state index < -0.39 is 15.7 Å². The summed E-state index contributed by atoms with van der Waals surface area (Å²) in [6, 6.07) is 21.1. The highest BCUT2D eigenvalue weighted by Gasteiger charge is 2.20. The number of hydrogen-bond acceptors (Lipinski definition) is 5. The number of nitrogens with one attached hydrogen (secondary N) is 1. The number of nitrogens with two attached hydrogens (primary N) is 2. The summed E-state index contributed by atoms with van der Waals surface area (Å²) < 4.78 is 23.6. The number of benzene rings is 3. The minimum atomic E-state index is -3.23. The monoisotopic (exact) mass is 589 g/mol. The van der Waals surface area contributed by atoms with Gasteiger partial charge in [-0.05, 0) is 71.8 Å². The molecule has 3 aromatic carbocycles. The van der Waals surface area contributed by atoms with E-state index in [1.807, 2.05) is 12.1 Å². The van der Waals surface area contributed by atoms with Crippen LogP contribution in [0.1, 0.15) is 65.1 Å². The second kappa shape index (κ2) is 13.9. The summed E-state index contributed by atoms with van der Waals surface area (Å²) in [6.45, 7) is 0.207. The summed E-state index contributed by atoms with van der Waals surface area (Å²) in [5.41, 5.74) is 9.56. The van der Waals surface area contributed by atoms with E-state index >= 15 is 0 Å². The predicted molar refractivity (Wildman–Crippen MR) is 164 cm³/mol. The van der Waals surface area contributed by atoms with E-state index in [1.54, 1.807) is 53.4 Å². The van der Waals surface area contributed by atoms with Crippen molar-refractivity contribution in [3.05, 3.63) is 95.1 Å². The lowest BCUT2D eigenvalue weighted by Crippen LogP contribution is -2.34. The molecule has 1 aliphatic rings. The average Bonchev–Trinajstić information content (AvgIpc) is 2.96. The second-order valence-corrected chi connectivity index (χ2v) is 12.5. The third-order valence-electron chi connectivity index (χ3n) is 7.05. The lowest BCUT2D eigenvalue weighted by atomic mass is 9.84. The Morgan fingerprint density at radius 3 is 2.29 bits per heavy atom. The SMILES string of the molecule is CS(=O)(=O)Cc1cccc(NC(=O)N(Cc2ccc(C(=O)N=C(N)/N=N\N)cc2)c2ccc(C3CCCCC3)cc2)c1. The van der Waals surface area contributed by atoms with Crippen LogP contribution in [-0.4, -0.2) is 32.6 Å². The lowest BCUT2D eigenvalue weighted by Gasteiger charge is -2.26. The van der Waals surface area contributed by atoms with Crippen LogP contribution in [0.4, 0.5) is 16.2 Å². The van der Waals surface area contributed by atoms with E-state index in [2.05, 4.69) is 32.8 Å². The molecule has 0 radical (unpaired) electrons. The number of anilines is 2. The van der Waals surface area contributed by atoms with Gasteiger partial charge in [-0.1, -0.05) is 66.0 Å². The molecule has 0 saturated heterocycles. The number of urea groups is 1. The van der Waals surface area contributed by atoms with Crippen LogP contribution in [0.2, 0.25) is 0 Å². The molecule has 42 heavy (non-hydrogen) atoms. The van der Waals surface area contributed by atoms with E-state index in [0.29, 0.717) is 22.9 Å². The van der Waals surface area contributed by atoms with Crippen molar-refractivity contribution in [2.75, 3.05) is 16.5 Å². The van der Waals surface area contributed by atoms with Crippen LogP contribution in [0.25, 0.3) is 0 Å². The first-order chi connectivity index (χ1) is 20.1. The standard InChI is InChI=1S/C30H35N7O4S/c1-42(40,41)20-22-6-5-9-26(18-22)33-30(39)37(27-16-14-24(15-17-27)23-7-3-2-4-8-23)19-21-10-12-25(13-11-21)28(38)34-29(31)35-36-32/h5-6,9-18,23H,2-4,7-8,19-20H2,1H3,(H,33,39)(H4,31,32,34,35,38). The lowest BCUT2D eigenvalue weighted by molar-refractivity contribution is 0.100. The van der Waals surface area contributed by atoms with Crippen molar-refractivity contribution in [3.8, 4) is 0 Å². The van der Waals surface area contributed by atoms with Gasteiger partial charge in [-0.25, -0.2) is 13.2 Å². The molecule has 1 fully saturated rings. The molecule has 11 nitrogen and oxygen atoms in total. The van der Waals surface area contributed by atoms with Gasteiger partial charge in [0.2, 0.25) is 5.96 Å². The molecule has 4 rings (SSSR count). The molecule has 0 aliphatic heterocycles. The number of amides is 3. The molecule has 0 spiro atoms. The number of rotatable bonds is 8. The fraction of sp³-hybridized carbons (Fsp3) is 0.300. The van der Waals surface area contributed by atoms with Crippen molar-refractivity contribution in [1.82, 2.24) is 0 Å². The van der Waals surface area contributed by atoms with E-state index in [9.17, 15) is 18.0 Å². The summed E-state index contributed by atoms with van der Waals surface area (Å²) in [5.74, 6) is 4.38. The number of carbonyl (C=O) groups excluding carboxylic acids is 2. The van der Waals surface area contributed by atoms with Gasteiger partial charge in [0.05, 0.1) is 12.3 Å². The number of guanidine groups is 1. The van der Waals surface area contributed by atoms with Crippen molar-refractivity contribution in [1.29, 1.82) is 0 Å². The first-order valence-electron chi connectivity index (χ1n) is 13.6. The smallest absolute Gasteiger partial charge is 0.326 e. The maximum atomic E-state index is 13.6. The zero-order chi connectivity index (χ0) is 30.1. The van der Waals surface area contributed by atoms with Gasteiger partial charge < -0.3 is 16.9 Å². The molecule has 12 heteroatoms. The molecule has 220 valence electrons. The fourth-order valence-electron chi connectivity index (χ4n) is 5.06. The van der Waals surface area contributed by atoms with E-state index in [1.165, 1.54) is 43.9 Å². The molecule has 0 bridgehead atoms. The van der Waals surface area contributed by atoms with Crippen LogP contribution in [0, 0.1) is 0 Å². The van der Waals surface area contributed by atoms with Crippen LogP contribution in [0.15, 0.2) is 88.1 Å². The highest BCUT2D eigenvalue weighted by Crippen LogP contribution is 2.33. The summed E-state index contributed by atoms with van der Waals surface area (Å²) in [4.78, 5) is 31.2. The number of carbonyl (C=O) groups is 2. The molecular formula is C30H35N7O4S. The highest BCUT2D eigenvalue weighted by atomic mass is 32.2. The van der Waals surface area contributed by atoms with Crippen molar-refractivity contribution >= 4 is 39.1 Å². The van der Waals surface area contributed by atoms with E-state index in [4.69, 9.17) is 11.6 Å². The highest BCUT2D eigenvalue weighted by molar-refractivity contribution is 7.89. The number of sulfone groups is 1. The van der Waals surface area contributed by atoms with Crippen molar-refractivity contribution < 1.29 is 18.0 Å². The zero-order valence-electron chi connectivity index (χ0n) is 23.4. The van der Waals surface area contributed by atoms with Gasteiger partial charge in [-0.3, -0.25) is 9.69 Å². The van der Waals surface area contributed by atoms with Crippen LogP contribution >= 0.6 is 0 Å². The van der Waals surface area contributed by atoms with Gasteiger partial charge in [0, 0.05) is 23.2 Å². The first-order valence-corrected chi connectivity index (χ1v) is 15.7. The molecule has 0 heterocycles. The molecule has 1 saturated carbocycles. The molecule has 5 N–H and O–H groups in total. The summed E-state index contributed by atoms with van der Waals surface area (Å²) in [5, 5.41) is 9.23.